The topological polar surface area (TPSA) is 35.2 Å². The SMILES string of the molecule is N[C@H]1COc2c1ccc1ccccc21. The van der Waals surface area contributed by atoms with Crippen LogP contribution in [0.4, 0.5) is 0 Å². The van der Waals surface area contributed by atoms with Crippen molar-refractivity contribution in [1.29, 1.82) is 0 Å². The standard InChI is InChI=1S/C12H11NO/c13-11-7-14-12-9-4-2-1-3-8(9)5-6-10(11)12/h1-6,11H,7,13H2/t11-/m0/s1. The maximum Gasteiger partial charge on any atom is 0.132 e. The number of hydrogen-bond acceptors (Lipinski definition) is 2. The lowest BCUT2D eigenvalue weighted by molar-refractivity contribution is 0.336. The minimum absolute atomic E-state index is 0.0367. The van der Waals surface area contributed by atoms with Crippen LogP contribution < -0.4 is 10.5 Å². The predicted octanol–water partition coefficient (Wildman–Crippen LogP) is 2.23. The molecule has 0 saturated heterocycles. The van der Waals surface area contributed by atoms with Crippen LogP contribution in [0.15, 0.2) is 36.4 Å². The van der Waals surface area contributed by atoms with E-state index < -0.39 is 0 Å². The molecule has 0 fully saturated rings. The van der Waals surface area contributed by atoms with Gasteiger partial charge in [0.05, 0.1) is 6.04 Å². The Balaban J connectivity index is 2.38. The minimum atomic E-state index is 0.0367. The molecule has 14 heavy (non-hydrogen) atoms. The van der Waals surface area contributed by atoms with Crippen molar-refractivity contribution < 1.29 is 4.74 Å². The lowest BCUT2D eigenvalue weighted by atomic mass is 10.0. The van der Waals surface area contributed by atoms with Crippen molar-refractivity contribution in [3.63, 3.8) is 0 Å². The van der Waals surface area contributed by atoms with Crippen molar-refractivity contribution in [3.8, 4) is 5.75 Å². The van der Waals surface area contributed by atoms with Crippen molar-refractivity contribution in [3.05, 3.63) is 42.0 Å². The summed E-state index contributed by atoms with van der Waals surface area (Å²) < 4.78 is 5.60. The zero-order valence-electron chi connectivity index (χ0n) is 7.73. The van der Waals surface area contributed by atoms with Gasteiger partial charge in [0.2, 0.25) is 0 Å². The van der Waals surface area contributed by atoms with E-state index in [-0.39, 0.29) is 6.04 Å². The van der Waals surface area contributed by atoms with E-state index in [4.69, 9.17) is 10.5 Å². The highest BCUT2D eigenvalue weighted by Crippen LogP contribution is 2.37. The summed E-state index contributed by atoms with van der Waals surface area (Å²) in [4.78, 5) is 0. The summed E-state index contributed by atoms with van der Waals surface area (Å²) in [5.41, 5.74) is 7.04. The highest BCUT2D eigenvalue weighted by Gasteiger charge is 2.21. The smallest absolute Gasteiger partial charge is 0.132 e. The third-order valence-electron chi connectivity index (χ3n) is 2.72. The van der Waals surface area contributed by atoms with Crippen LogP contribution in [0.25, 0.3) is 10.8 Å². The second-order valence-corrected chi connectivity index (χ2v) is 3.62. The van der Waals surface area contributed by atoms with E-state index in [1.54, 1.807) is 0 Å². The first-order valence-electron chi connectivity index (χ1n) is 4.76. The molecule has 2 heteroatoms. The van der Waals surface area contributed by atoms with Gasteiger partial charge in [-0.05, 0) is 5.39 Å². The van der Waals surface area contributed by atoms with E-state index in [9.17, 15) is 0 Å². The summed E-state index contributed by atoms with van der Waals surface area (Å²) in [5.74, 6) is 0.968. The van der Waals surface area contributed by atoms with Crippen LogP contribution in [0, 0.1) is 0 Å². The van der Waals surface area contributed by atoms with E-state index in [0.29, 0.717) is 6.61 Å². The van der Waals surface area contributed by atoms with Gasteiger partial charge in [-0.3, -0.25) is 0 Å². The Morgan fingerprint density at radius 1 is 1.14 bits per heavy atom. The van der Waals surface area contributed by atoms with Crippen molar-refractivity contribution in [2.24, 2.45) is 5.73 Å². The highest BCUT2D eigenvalue weighted by molar-refractivity contribution is 5.90. The number of benzene rings is 2. The lowest BCUT2D eigenvalue weighted by Crippen LogP contribution is -2.10. The number of nitrogens with two attached hydrogens (primary N) is 1. The first kappa shape index (κ1) is 7.83. The second kappa shape index (κ2) is 2.72. The number of fused-ring (bicyclic) bond motifs is 3. The van der Waals surface area contributed by atoms with Gasteiger partial charge >= 0.3 is 0 Å². The highest BCUT2D eigenvalue weighted by atomic mass is 16.5. The van der Waals surface area contributed by atoms with Gasteiger partial charge in [-0.25, -0.2) is 0 Å². The molecule has 1 atom stereocenters. The molecule has 0 unspecified atom stereocenters. The van der Waals surface area contributed by atoms with Crippen LogP contribution in [0.5, 0.6) is 5.75 Å². The molecule has 3 rings (SSSR count). The monoisotopic (exact) mass is 185 g/mol. The van der Waals surface area contributed by atoms with Crippen LogP contribution in [0.1, 0.15) is 11.6 Å². The van der Waals surface area contributed by atoms with Gasteiger partial charge in [0.1, 0.15) is 12.4 Å². The van der Waals surface area contributed by atoms with E-state index in [0.717, 1.165) is 16.7 Å². The van der Waals surface area contributed by atoms with E-state index >= 15 is 0 Å². The van der Waals surface area contributed by atoms with E-state index in [1.165, 1.54) is 5.39 Å². The molecule has 0 radical (unpaired) electrons. The fraction of sp³-hybridized carbons (Fsp3) is 0.167. The Hall–Kier alpha value is -1.54. The molecule has 0 saturated carbocycles. The zero-order chi connectivity index (χ0) is 9.54. The van der Waals surface area contributed by atoms with Gasteiger partial charge in [0, 0.05) is 10.9 Å². The average Bonchev–Trinajstić information content (AvgIpc) is 2.61. The van der Waals surface area contributed by atoms with Gasteiger partial charge in [-0.2, -0.15) is 0 Å². The quantitative estimate of drug-likeness (QED) is 0.683. The molecule has 2 nitrogen and oxygen atoms in total. The Kier molecular flexibility index (Phi) is 1.52. The van der Waals surface area contributed by atoms with Crippen LogP contribution in [-0.2, 0) is 0 Å². The Labute approximate surface area is 82.3 Å². The molecule has 2 aromatic carbocycles. The summed E-state index contributed by atoms with van der Waals surface area (Å²) in [6.07, 6.45) is 0. The minimum Gasteiger partial charge on any atom is -0.491 e. The van der Waals surface area contributed by atoms with E-state index in [1.807, 2.05) is 12.1 Å². The third-order valence-corrected chi connectivity index (χ3v) is 2.72. The van der Waals surface area contributed by atoms with Gasteiger partial charge in [0.15, 0.2) is 0 Å². The first-order chi connectivity index (χ1) is 6.86. The average molecular weight is 185 g/mol. The molecule has 0 aromatic heterocycles. The van der Waals surface area contributed by atoms with Gasteiger partial charge in [-0.1, -0.05) is 36.4 Å². The molecule has 70 valence electrons. The molecular formula is C12H11NO. The van der Waals surface area contributed by atoms with Crippen LogP contribution in [0.3, 0.4) is 0 Å². The zero-order valence-corrected chi connectivity index (χ0v) is 7.73. The molecule has 1 aliphatic rings. The molecule has 0 amide bonds. The predicted molar refractivity (Wildman–Crippen MR) is 56.4 cm³/mol. The summed E-state index contributed by atoms with van der Waals surface area (Å²) in [5, 5.41) is 2.37. The molecule has 2 N–H and O–H groups in total. The molecule has 1 aliphatic heterocycles. The first-order valence-corrected chi connectivity index (χ1v) is 4.76. The molecule has 1 heterocycles. The maximum atomic E-state index is 5.91. The molecule has 0 spiro atoms. The maximum absolute atomic E-state index is 5.91. The Bertz CT molecular complexity index is 493. The normalized spacial score (nSPS) is 19.4. The third kappa shape index (κ3) is 0.946. The van der Waals surface area contributed by atoms with Crippen molar-refractivity contribution >= 4 is 10.8 Å². The Morgan fingerprint density at radius 2 is 2.00 bits per heavy atom. The number of hydrogen-bond donors (Lipinski definition) is 1. The number of rotatable bonds is 0. The second-order valence-electron chi connectivity index (χ2n) is 3.62. The van der Waals surface area contributed by atoms with Crippen LogP contribution in [0.2, 0.25) is 0 Å². The van der Waals surface area contributed by atoms with Crippen LogP contribution in [-0.4, -0.2) is 6.61 Å². The molecule has 0 bridgehead atoms. The largest absolute Gasteiger partial charge is 0.491 e. The summed E-state index contributed by atoms with van der Waals surface area (Å²) in [6, 6.07) is 12.4. The van der Waals surface area contributed by atoms with E-state index in [2.05, 4.69) is 24.3 Å². The lowest BCUT2D eigenvalue weighted by Gasteiger charge is -2.04. The van der Waals surface area contributed by atoms with Gasteiger partial charge in [0.25, 0.3) is 0 Å². The molecular weight excluding hydrogens is 174 g/mol. The summed E-state index contributed by atoms with van der Waals surface area (Å²) in [6.45, 7) is 0.601. The number of ether oxygens (including phenoxy) is 1. The summed E-state index contributed by atoms with van der Waals surface area (Å²) in [7, 11) is 0. The van der Waals surface area contributed by atoms with Gasteiger partial charge in [-0.15, -0.1) is 0 Å². The van der Waals surface area contributed by atoms with Gasteiger partial charge < -0.3 is 10.5 Å². The van der Waals surface area contributed by atoms with Crippen LogP contribution >= 0.6 is 0 Å². The fourth-order valence-electron chi connectivity index (χ4n) is 1.98. The summed E-state index contributed by atoms with van der Waals surface area (Å²) >= 11 is 0. The fourth-order valence-corrected chi connectivity index (χ4v) is 1.98. The van der Waals surface area contributed by atoms with Crippen molar-refractivity contribution in [2.45, 2.75) is 6.04 Å². The molecule has 2 aromatic rings. The van der Waals surface area contributed by atoms with Crippen molar-refractivity contribution in [2.75, 3.05) is 6.61 Å². The molecule has 0 aliphatic carbocycles. The van der Waals surface area contributed by atoms with Crippen molar-refractivity contribution in [1.82, 2.24) is 0 Å². The Morgan fingerprint density at radius 3 is 2.93 bits per heavy atom.